The average molecular weight is 348 g/mol. The molecule has 0 spiro atoms. The number of fused-ring (bicyclic) bond motifs is 1. The van der Waals surface area contributed by atoms with Crippen LogP contribution in [0.5, 0.6) is 17.2 Å². The zero-order chi connectivity index (χ0) is 17.3. The van der Waals surface area contributed by atoms with E-state index in [9.17, 15) is 4.79 Å². The Labute approximate surface area is 142 Å². The van der Waals surface area contributed by atoms with E-state index < -0.39 is 0 Å². The Balaban J connectivity index is 1.91. The van der Waals surface area contributed by atoms with Gasteiger partial charge in [0.2, 0.25) is 10.7 Å². The van der Waals surface area contributed by atoms with Gasteiger partial charge < -0.3 is 14.2 Å². The maximum absolute atomic E-state index is 12.5. The fourth-order valence-electron chi connectivity index (χ4n) is 2.23. The Kier molecular flexibility index (Phi) is 4.26. The number of aromatic nitrogens is 3. The van der Waals surface area contributed by atoms with E-state index in [1.165, 1.54) is 32.7 Å². The Hall–Kier alpha value is -2.81. The van der Waals surface area contributed by atoms with E-state index >= 15 is 0 Å². The number of nitrogens with one attached hydrogen (secondary N) is 1. The molecule has 0 fully saturated rings. The minimum Gasteiger partial charge on any atom is -0.493 e. The Bertz CT molecular complexity index is 877. The topological polar surface area (TPSA) is 87.0 Å². The third-order valence-electron chi connectivity index (χ3n) is 3.40. The predicted molar refractivity (Wildman–Crippen MR) is 89.7 cm³/mol. The summed E-state index contributed by atoms with van der Waals surface area (Å²) in [5, 5.41) is 8.87. The first-order valence-electron chi connectivity index (χ1n) is 6.99. The number of aryl methyl sites for hydroxylation is 1. The minimum absolute atomic E-state index is 0.240. The normalized spacial score (nSPS) is 10.7. The van der Waals surface area contributed by atoms with Gasteiger partial charge in [0.05, 0.1) is 27.0 Å². The lowest BCUT2D eigenvalue weighted by atomic mass is 10.1. The van der Waals surface area contributed by atoms with Gasteiger partial charge in [0.1, 0.15) is 0 Å². The number of carbonyl (C=O) groups excluding carboxylic acids is 1. The number of hydrogen-bond donors (Lipinski definition) is 1. The number of carbonyl (C=O) groups is 1. The maximum atomic E-state index is 12.5. The van der Waals surface area contributed by atoms with Crippen molar-refractivity contribution < 1.29 is 19.0 Å². The molecule has 3 rings (SSSR count). The molecule has 0 saturated heterocycles. The van der Waals surface area contributed by atoms with E-state index in [0.29, 0.717) is 27.8 Å². The highest BCUT2D eigenvalue weighted by atomic mass is 32.1. The molecule has 0 atom stereocenters. The van der Waals surface area contributed by atoms with Crippen LogP contribution in [0, 0.1) is 6.92 Å². The molecule has 0 aliphatic rings. The third-order valence-corrected chi connectivity index (χ3v) is 4.33. The van der Waals surface area contributed by atoms with Crippen molar-refractivity contribution >= 4 is 28.2 Å². The highest BCUT2D eigenvalue weighted by Gasteiger charge is 2.18. The zero-order valence-corrected chi connectivity index (χ0v) is 14.4. The summed E-state index contributed by atoms with van der Waals surface area (Å²) in [6.45, 7) is 1.92. The minimum atomic E-state index is -0.370. The Morgan fingerprint density at radius 2 is 1.83 bits per heavy atom. The van der Waals surface area contributed by atoms with Crippen molar-refractivity contribution in [2.45, 2.75) is 6.92 Å². The van der Waals surface area contributed by atoms with Gasteiger partial charge in [-0.25, -0.2) is 4.52 Å². The first-order valence-corrected chi connectivity index (χ1v) is 7.87. The first kappa shape index (κ1) is 16.1. The summed E-state index contributed by atoms with van der Waals surface area (Å²) in [6.07, 6.45) is 0. The molecule has 8 nitrogen and oxygen atoms in total. The Morgan fingerprint density at radius 3 is 2.38 bits per heavy atom. The number of nitrogens with zero attached hydrogens (tertiary/aromatic N) is 3. The molecule has 24 heavy (non-hydrogen) atoms. The van der Waals surface area contributed by atoms with Gasteiger partial charge in [-0.3, -0.25) is 10.1 Å². The number of anilines is 1. The number of methoxy groups -OCH3 is 3. The predicted octanol–water partition coefficient (Wildman–Crippen LogP) is 2.38. The van der Waals surface area contributed by atoms with E-state index in [1.807, 2.05) is 12.3 Å². The number of thiazole rings is 1. The molecule has 0 saturated carbocycles. The molecule has 1 aromatic carbocycles. The van der Waals surface area contributed by atoms with Gasteiger partial charge in [0, 0.05) is 10.9 Å². The van der Waals surface area contributed by atoms with Crippen molar-refractivity contribution in [3.8, 4) is 17.2 Å². The summed E-state index contributed by atoms with van der Waals surface area (Å²) < 4.78 is 17.4. The summed E-state index contributed by atoms with van der Waals surface area (Å²) in [7, 11) is 4.49. The highest BCUT2D eigenvalue weighted by Crippen LogP contribution is 2.38. The fourth-order valence-corrected chi connectivity index (χ4v) is 3.03. The van der Waals surface area contributed by atoms with E-state index in [2.05, 4.69) is 15.4 Å². The summed E-state index contributed by atoms with van der Waals surface area (Å²) in [5.74, 6) is 1.09. The van der Waals surface area contributed by atoms with Crippen molar-refractivity contribution in [3.05, 3.63) is 28.8 Å². The van der Waals surface area contributed by atoms with Gasteiger partial charge in [0.25, 0.3) is 11.9 Å². The van der Waals surface area contributed by atoms with Crippen LogP contribution in [-0.2, 0) is 0 Å². The van der Waals surface area contributed by atoms with Gasteiger partial charge in [-0.1, -0.05) is 0 Å². The molecule has 9 heteroatoms. The van der Waals surface area contributed by atoms with Crippen LogP contribution in [0.15, 0.2) is 17.5 Å². The maximum Gasteiger partial charge on any atom is 0.258 e. The van der Waals surface area contributed by atoms with Crippen LogP contribution in [0.3, 0.4) is 0 Å². The van der Waals surface area contributed by atoms with Crippen molar-refractivity contribution in [2.24, 2.45) is 0 Å². The van der Waals surface area contributed by atoms with E-state index in [4.69, 9.17) is 14.2 Å². The van der Waals surface area contributed by atoms with Crippen molar-refractivity contribution in [2.75, 3.05) is 26.6 Å². The van der Waals surface area contributed by atoms with Gasteiger partial charge in [-0.15, -0.1) is 16.4 Å². The first-order chi connectivity index (χ1) is 11.6. The van der Waals surface area contributed by atoms with Crippen molar-refractivity contribution in [3.63, 3.8) is 0 Å². The molecule has 0 radical (unpaired) electrons. The van der Waals surface area contributed by atoms with E-state index in [1.54, 1.807) is 16.6 Å². The van der Waals surface area contributed by atoms with Crippen LogP contribution >= 0.6 is 11.3 Å². The fraction of sp³-hybridized carbons (Fsp3) is 0.267. The van der Waals surface area contributed by atoms with Gasteiger partial charge in [-0.05, 0) is 19.1 Å². The number of amides is 1. The van der Waals surface area contributed by atoms with Gasteiger partial charge >= 0.3 is 0 Å². The largest absolute Gasteiger partial charge is 0.493 e. The number of benzene rings is 1. The lowest BCUT2D eigenvalue weighted by Crippen LogP contribution is -2.14. The lowest BCUT2D eigenvalue weighted by Gasteiger charge is -2.13. The molecule has 0 bridgehead atoms. The second-order valence-corrected chi connectivity index (χ2v) is 5.71. The van der Waals surface area contributed by atoms with Crippen LogP contribution < -0.4 is 19.5 Å². The average Bonchev–Trinajstić information content (AvgIpc) is 3.14. The van der Waals surface area contributed by atoms with Crippen LogP contribution in [0.25, 0.3) is 4.96 Å². The highest BCUT2D eigenvalue weighted by molar-refractivity contribution is 7.15. The molecule has 3 aromatic rings. The van der Waals surface area contributed by atoms with Gasteiger partial charge in [-0.2, -0.15) is 4.98 Å². The molecular formula is C15H16N4O4S. The third kappa shape index (κ3) is 2.73. The summed E-state index contributed by atoms with van der Waals surface area (Å²) in [6, 6.07) is 3.14. The van der Waals surface area contributed by atoms with Crippen LogP contribution in [0.1, 0.15) is 16.1 Å². The lowest BCUT2D eigenvalue weighted by molar-refractivity contribution is 0.102. The zero-order valence-electron chi connectivity index (χ0n) is 13.6. The smallest absolute Gasteiger partial charge is 0.258 e. The second kappa shape index (κ2) is 6.36. The molecule has 126 valence electrons. The summed E-state index contributed by atoms with van der Waals surface area (Å²) >= 11 is 1.46. The summed E-state index contributed by atoms with van der Waals surface area (Å²) in [5.41, 5.74) is 1.30. The van der Waals surface area contributed by atoms with Crippen LogP contribution in [-0.4, -0.2) is 41.8 Å². The Morgan fingerprint density at radius 1 is 1.17 bits per heavy atom. The van der Waals surface area contributed by atoms with Crippen LogP contribution in [0.4, 0.5) is 5.95 Å². The molecule has 0 aliphatic heterocycles. The molecule has 1 N–H and O–H groups in total. The molecular weight excluding hydrogens is 332 g/mol. The van der Waals surface area contributed by atoms with Gasteiger partial charge in [0.15, 0.2) is 11.5 Å². The molecule has 1 amide bonds. The van der Waals surface area contributed by atoms with Crippen molar-refractivity contribution in [1.82, 2.24) is 14.6 Å². The molecule has 2 aromatic heterocycles. The van der Waals surface area contributed by atoms with Crippen LogP contribution in [0.2, 0.25) is 0 Å². The summed E-state index contributed by atoms with van der Waals surface area (Å²) in [4.78, 5) is 17.5. The quantitative estimate of drug-likeness (QED) is 0.762. The van der Waals surface area contributed by atoms with Crippen molar-refractivity contribution in [1.29, 1.82) is 0 Å². The molecule has 0 unspecified atom stereocenters. The number of hydrogen-bond acceptors (Lipinski definition) is 7. The van der Waals surface area contributed by atoms with E-state index in [0.717, 1.165) is 5.69 Å². The van der Waals surface area contributed by atoms with E-state index in [-0.39, 0.29) is 11.9 Å². The molecule has 0 aliphatic carbocycles. The SMILES string of the molecule is COc1cc(C(=O)Nc2nc3scc(C)n3n2)cc(OC)c1OC. The number of rotatable bonds is 5. The monoisotopic (exact) mass is 348 g/mol. The number of ether oxygens (including phenoxy) is 3. The molecule has 2 heterocycles. The second-order valence-electron chi connectivity index (χ2n) is 4.88. The standard InChI is InChI=1S/C15H16N4O4S/c1-8-7-24-15-17-14(18-19(8)15)16-13(20)9-5-10(21-2)12(23-4)11(6-9)22-3/h5-7H,1-4H3,(H,16,18,20).